The van der Waals surface area contributed by atoms with Crippen molar-refractivity contribution in [2.45, 2.75) is 0 Å². The Labute approximate surface area is 69.9 Å². The van der Waals surface area contributed by atoms with Gasteiger partial charge < -0.3 is 4.57 Å². The van der Waals surface area contributed by atoms with Crippen molar-refractivity contribution in [3.05, 3.63) is 43.0 Å². The lowest BCUT2D eigenvalue weighted by atomic mass is 10.3. The van der Waals surface area contributed by atoms with Crippen LogP contribution < -0.4 is 0 Å². The molecule has 0 fully saturated rings. The van der Waals surface area contributed by atoms with Gasteiger partial charge in [0.15, 0.2) is 5.75 Å². The molecule has 0 amide bonds. The first kappa shape index (κ1) is 6.91. The summed E-state index contributed by atoms with van der Waals surface area (Å²) in [6.45, 7) is 0. The maximum atomic E-state index is 11.0. The summed E-state index contributed by atoms with van der Waals surface area (Å²) in [5, 5.41) is 11.0. The van der Waals surface area contributed by atoms with E-state index in [-0.39, 0.29) is 5.75 Å². The van der Waals surface area contributed by atoms with Crippen LogP contribution in [0.15, 0.2) is 43.0 Å². The summed E-state index contributed by atoms with van der Waals surface area (Å²) < 4.78 is 1.79. The van der Waals surface area contributed by atoms with Gasteiger partial charge in [0.05, 0.1) is 12.0 Å². The van der Waals surface area contributed by atoms with Gasteiger partial charge in [-0.05, 0) is 12.1 Å². The quantitative estimate of drug-likeness (QED) is 0.627. The minimum atomic E-state index is 0.0150. The van der Waals surface area contributed by atoms with E-state index in [9.17, 15) is 5.11 Å². The van der Waals surface area contributed by atoms with E-state index in [1.54, 1.807) is 35.4 Å². The van der Waals surface area contributed by atoms with Crippen molar-refractivity contribution in [1.82, 2.24) is 9.55 Å². The summed E-state index contributed by atoms with van der Waals surface area (Å²) in [5.41, 5.74) is 0.847. The molecule has 12 heavy (non-hydrogen) atoms. The van der Waals surface area contributed by atoms with Gasteiger partial charge in [-0.2, -0.15) is 0 Å². The lowest BCUT2D eigenvalue weighted by Crippen LogP contribution is -1.87. The third-order valence-electron chi connectivity index (χ3n) is 1.62. The van der Waals surface area contributed by atoms with Crippen LogP contribution in [0.3, 0.4) is 0 Å². The second-order valence-electron chi connectivity index (χ2n) is 2.47. The molecular formula is C9H7N2O. The maximum absolute atomic E-state index is 11.0. The average molecular weight is 159 g/mol. The van der Waals surface area contributed by atoms with E-state index in [0.29, 0.717) is 0 Å². The highest BCUT2D eigenvalue weighted by Gasteiger charge is 1.95. The number of rotatable bonds is 1. The van der Waals surface area contributed by atoms with Crippen molar-refractivity contribution in [3.8, 4) is 11.4 Å². The molecule has 0 N–H and O–H groups in total. The molecule has 59 valence electrons. The lowest BCUT2D eigenvalue weighted by molar-refractivity contribution is 0.355. The zero-order valence-electron chi connectivity index (χ0n) is 6.34. The van der Waals surface area contributed by atoms with Crippen LogP contribution in [0, 0.1) is 0 Å². The standard InChI is InChI=1S/C9H7N2O/c12-9-3-1-2-8(6-9)11-5-4-10-7-11/h1-7H. The fourth-order valence-corrected chi connectivity index (χ4v) is 1.06. The summed E-state index contributed by atoms with van der Waals surface area (Å²) in [4.78, 5) is 3.89. The summed E-state index contributed by atoms with van der Waals surface area (Å²) in [7, 11) is 0. The van der Waals surface area contributed by atoms with Crippen molar-refractivity contribution in [1.29, 1.82) is 0 Å². The van der Waals surface area contributed by atoms with E-state index in [0.717, 1.165) is 5.69 Å². The number of aromatic nitrogens is 2. The molecular weight excluding hydrogens is 152 g/mol. The SMILES string of the molecule is [O]c1cccc(-n2ccnc2)c1. The van der Waals surface area contributed by atoms with Crippen LogP contribution in [0.2, 0.25) is 0 Å². The normalized spacial score (nSPS) is 10.0. The first-order valence-corrected chi connectivity index (χ1v) is 3.62. The summed E-state index contributed by atoms with van der Waals surface area (Å²) in [5.74, 6) is 0.0150. The third kappa shape index (κ3) is 1.16. The lowest BCUT2D eigenvalue weighted by Gasteiger charge is -1.99. The fraction of sp³-hybridized carbons (Fsp3) is 0. The van der Waals surface area contributed by atoms with Gasteiger partial charge in [0.1, 0.15) is 0 Å². The Kier molecular flexibility index (Phi) is 1.55. The van der Waals surface area contributed by atoms with E-state index < -0.39 is 0 Å². The highest BCUT2D eigenvalue weighted by molar-refractivity contribution is 5.38. The van der Waals surface area contributed by atoms with Gasteiger partial charge in [0.2, 0.25) is 0 Å². The Morgan fingerprint density at radius 1 is 1.33 bits per heavy atom. The molecule has 3 heteroatoms. The number of nitrogens with zero attached hydrogens (tertiary/aromatic N) is 2. The summed E-state index contributed by atoms with van der Waals surface area (Å²) in [6, 6.07) is 6.70. The number of benzene rings is 1. The molecule has 0 bridgehead atoms. The van der Waals surface area contributed by atoms with Gasteiger partial charge >= 0.3 is 0 Å². The van der Waals surface area contributed by atoms with Crippen molar-refractivity contribution in [2.24, 2.45) is 0 Å². The zero-order chi connectivity index (χ0) is 8.39. The second-order valence-corrected chi connectivity index (χ2v) is 2.47. The molecule has 0 aliphatic carbocycles. The Balaban J connectivity index is 2.48. The van der Waals surface area contributed by atoms with Crippen LogP contribution in [-0.2, 0) is 5.11 Å². The zero-order valence-corrected chi connectivity index (χ0v) is 6.34. The van der Waals surface area contributed by atoms with Crippen LogP contribution in [0.4, 0.5) is 0 Å². The Hall–Kier alpha value is -1.77. The molecule has 1 radical (unpaired) electrons. The molecule has 0 atom stereocenters. The molecule has 2 aromatic rings. The van der Waals surface area contributed by atoms with E-state index in [4.69, 9.17) is 0 Å². The van der Waals surface area contributed by atoms with Gasteiger partial charge in [-0.3, -0.25) is 5.11 Å². The highest BCUT2D eigenvalue weighted by Crippen LogP contribution is 2.14. The summed E-state index contributed by atoms with van der Waals surface area (Å²) in [6.07, 6.45) is 5.14. The minimum Gasteiger partial charge on any atom is -0.306 e. The summed E-state index contributed by atoms with van der Waals surface area (Å²) >= 11 is 0. The van der Waals surface area contributed by atoms with Crippen LogP contribution in [-0.4, -0.2) is 9.55 Å². The predicted molar refractivity (Wildman–Crippen MR) is 43.7 cm³/mol. The van der Waals surface area contributed by atoms with E-state index >= 15 is 0 Å². The molecule has 0 saturated heterocycles. The maximum Gasteiger partial charge on any atom is 0.180 e. The molecule has 0 saturated carbocycles. The number of hydrogen-bond acceptors (Lipinski definition) is 1. The van der Waals surface area contributed by atoms with E-state index in [2.05, 4.69) is 4.98 Å². The Morgan fingerprint density at radius 2 is 2.25 bits per heavy atom. The molecule has 1 aromatic carbocycles. The first-order chi connectivity index (χ1) is 5.86. The van der Waals surface area contributed by atoms with Gasteiger partial charge in [-0.1, -0.05) is 6.07 Å². The van der Waals surface area contributed by atoms with Crippen LogP contribution >= 0.6 is 0 Å². The molecule has 0 unspecified atom stereocenters. The Morgan fingerprint density at radius 3 is 2.92 bits per heavy atom. The van der Waals surface area contributed by atoms with Crippen molar-refractivity contribution in [2.75, 3.05) is 0 Å². The van der Waals surface area contributed by atoms with E-state index in [1.165, 1.54) is 6.07 Å². The topological polar surface area (TPSA) is 37.7 Å². The van der Waals surface area contributed by atoms with Crippen LogP contribution in [0.5, 0.6) is 5.75 Å². The first-order valence-electron chi connectivity index (χ1n) is 3.62. The molecule has 0 aliphatic heterocycles. The monoisotopic (exact) mass is 159 g/mol. The van der Waals surface area contributed by atoms with E-state index in [1.807, 2.05) is 6.07 Å². The molecule has 0 spiro atoms. The highest BCUT2D eigenvalue weighted by atomic mass is 16.3. The van der Waals surface area contributed by atoms with Gasteiger partial charge in [-0.25, -0.2) is 4.98 Å². The smallest absolute Gasteiger partial charge is 0.180 e. The largest absolute Gasteiger partial charge is 0.306 e. The molecule has 2 rings (SSSR count). The molecule has 1 aromatic heterocycles. The fourth-order valence-electron chi connectivity index (χ4n) is 1.06. The predicted octanol–water partition coefficient (Wildman–Crippen LogP) is 2.02. The third-order valence-corrected chi connectivity index (χ3v) is 1.62. The Bertz CT molecular complexity index is 368. The molecule has 0 aliphatic rings. The van der Waals surface area contributed by atoms with Gasteiger partial charge in [-0.15, -0.1) is 0 Å². The van der Waals surface area contributed by atoms with Crippen LogP contribution in [0.1, 0.15) is 0 Å². The van der Waals surface area contributed by atoms with Gasteiger partial charge in [0, 0.05) is 18.5 Å². The molecule has 1 heterocycles. The van der Waals surface area contributed by atoms with Crippen molar-refractivity contribution >= 4 is 0 Å². The molecule has 3 nitrogen and oxygen atoms in total. The van der Waals surface area contributed by atoms with Crippen molar-refractivity contribution in [3.63, 3.8) is 0 Å². The average Bonchev–Trinajstić information content (AvgIpc) is 2.56. The number of imidazole rings is 1. The minimum absolute atomic E-state index is 0.0150. The van der Waals surface area contributed by atoms with Gasteiger partial charge in [0.25, 0.3) is 0 Å². The number of hydrogen-bond donors (Lipinski definition) is 0. The van der Waals surface area contributed by atoms with Crippen molar-refractivity contribution < 1.29 is 5.11 Å². The van der Waals surface area contributed by atoms with Crippen LogP contribution in [0.25, 0.3) is 5.69 Å². The second kappa shape index (κ2) is 2.70.